The van der Waals surface area contributed by atoms with E-state index in [9.17, 15) is 9.59 Å². The number of ether oxygens (including phenoxy) is 2. The number of esters is 2. The Morgan fingerprint density at radius 2 is 1.63 bits per heavy atom. The van der Waals surface area contributed by atoms with Crippen LogP contribution < -0.4 is 0 Å². The van der Waals surface area contributed by atoms with Crippen LogP contribution in [-0.2, 0) is 19.1 Å². The minimum absolute atomic E-state index is 0.225. The SMILES string of the molecule is CC1(C)[C@@]2(C)CC[C@]1(C(=O)O[C@H](c1ccccc1)[C@@H]1C[C@@H]1c1ccccc1)OC2=O. The Kier molecular flexibility index (Phi) is 4.15. The van der Waals surface area contributed by atoms with E-state index in [1.54, 1.807) is 0 Å². The molecule has 0 unspecified atom stereocenters. The van der Waals surface area contributed by atoms with E-state index in [0.717, 1.165) is 12.0 Å². The molecule has 0 N–H and O–H groups in total. The number of rotatable bonds is 5. The predicted octanol–water partition coefficient (Wildman–Crippen LogP) is 5.20. The van der Waals surface area contributed by atoms with E-state index in [0.29, 0.717) is 18.8 Å². The van der Waals surface area contributed by atoms with Crippen LogP contribution >= 0.6 is 0 Å². The Balaban J connectivity index is 1.44. The van der Waals surface area contributed by atoms with E-state index in [1.165, 1.54) is 5.56 Å². The lowest BCUT2D eigenvalue weighted by Gasteiger charge is -2.35. The molecule has 0 radical (unpaired) electrons. The summed E-state index contributed by atoms with van der Waals surface area (Å²) in [6.07, 6.45) is 1.81. The maximum atomic E-state index is 13.6. The molecule has 0 aromatic heterocycles. The largest absolute Gasteiger partial charge is 0.454 e. The van der Waals surface area contributed by atoms with Crippen LogP contribution in [0.5, 0.6) is 0 Å². The fraction of sp³-hybridized carbons (Fsp3) is 0.462. The van der Waals surface area contributed by atoms with E-state index in [2.05, 4.69) is 12.1 Å². The van der Waals surface area contributed by atoms with E-state index in [4.69, 9.17) is 9.47 Å². The molecular formula is C26H28O4. The Morgan fingerprint density at radius 1 is 1.00 bits per heavy atom. The molecule has 5 atom stereocenters. The molecule has 2 aromatic carbocycles. The van der Waals surface area contributed by atoms with Crippen molar-refractivity contribution in [2.75, 3.05) is 0 Å². The highest BCUT2D eigenvalue weighted by Gasteiger charge is 2.76. The summed E-state index contributed by atoms with van der Waals surface area (Å²) >= 11 is 0. The molecule has 0 amide bonds. The lowest BCUT2D eigenvalue weighted by molar-refractivity contribution is -0.188. The Labute approximate surface area is 177 Å². The first-order valence-electron chi connectivity index (χ1n) is 10.8. The van der Waals surface area contributed by atoms with Crippen LogP contribution in [0.1, 0.15) is 63.2 Å². The number of fused-ring (bicyclic) bond motifs is 2. The van der Waals surface area contributed by atoms with Crippen molar-refractivity contribution < 1.29 is 19.1 Å². The average molecular weight is 405 g/mol. The van der Waals surface area contributed by atoms with Gasteiger partial charge in [0, 0.05) is 11.3 Å². The summed E-state index contributed by atoms with van der Waals surface area (Å²) in [5.74, 6) is -0.0759. The zero-order chi connectivity index (χ0) is 21.1. The maximum absolute atomic E-state index is 13.6. The summed E-state index contributed by atoms with van der Waals surface area (Å²) in [6, 6.07) is 20.3. The van der Waals surface area contributed by atoms with Gasteiger partial charge >= 0.3 is 11.9 Å². The third kappa shape index (κ3) is 2.52. The number of carbonyl (C=O) groups excluding carboxylic acids is 2. The molecule has 2 aromatic rings. The molecule has 0 spiro atoms. The van der Waals surface area contributed by atoms with Crippen LogP contribution in [0.25, 0.3) is 0 Å². The van der Waals surface area contributed by atoms with Gasteiger partial charge in [-0.3, -0.25) is 4.79 Å². The van der Waals surface area contributed by atoms with Gasteiger partial charge in [-0.15, -0.1) is 0 Å². The summed E-state index contributed by atoms with van der Waals surface area (Å²) in [4.78, 5) is 26.2. The van der Waals surface area contributed by atoms with Gasteiger partial charge in [0.15, 0.2) is 0 Å². The van der Waals surface area contributed by atoms with Gasteiger partial charge in [-0.05, 0) is 43.2 Å². The van der Waals surface area contributed by atoms with E-state index in [1.807, 2.05) is 69.3 Å². The van der Waals surface area contributed by atoms with Crippen molar-refractivity contribution in [3.05, 3.63) is 71.8 Å². The van der Waals surface area contributed by atoms with Crippen LogP contribution in [0.15, 0.2) is 60.7 Å². The van der Waals surface area contributed by atoms with Gasteiger partial charge in [0.2, 0.25) is 5.60 Å². The van der Waals surface area contributed by atoms with E-state index in [-0.39, 0.29) is 18.0 Å². The van der Waals surface area contributed by atoms with Crippen LogP contribution in [0.3, 0.4) is 0 Å². The van der Waals surface area contributed by atoms with Gasteiger partial charge in [-0.2, -0.15) is 0 Å². The van der Waals surface area contributed by atoms with Crippen LogP contribution in [0.2, 0.25) is 0 Å². The number of hydrogen-bond donors (Lipinski definition) is 0. The van der Waals surface area contributed by atoms with Crippen molar-refractivity contribution in [1.29, 1.82) is 0 Å². The van der Waals surface area contributed by atoms with Crippen molar-refractivity contribution in [2.24, 2.45) is 16.7 Å². The van der Waals surface area contributed by atoms with E-state index >= 15 is 0 Å². The second-order valence-electron chi connectivity index (χ2n) is 9.83. The molecule has 3 fully saturated rings. The standard InChI is InChI=1S/C26H28O4/c1-24(2)25(3)14-15-26(24,30-22(25)27)23(28)29-21(18-12-8-5-9-13-18)20-16-19(20)17-10-6-4-7-11-17/h4-13,19-21H,14-16H2,1-3H3/t19-,20-,21-,25+,26-/m1/s1. The number of benzene rings is 2. The molecule has 1 heterocycles. The maximum Gasteiger partial charge on any atom is 0.351 e. The molecule has 3 aliphatic rings. The molecule has 1 aliphatic heterocycles. The molecule has 4 heteroatoms. The zero-order valence-corrected chi connectivity index (χ0v) is 17.8. The van der Waals surface area contributed by atoms with Crippen LogP contribution in [-0.4, -0.2) is 17.5 Å². The zero-order valence-electron chi connectivity index (χ0n) is 17.8. The molecular weight excluding hydrogens is 376 g/mol. The predicted molar refractivity (Wildman–Crippen MR) is 113 cm³/mol. The molecule has 2 bridgehead atoms. The highest BCUT2D eigenvalue weighted by molar-refractivity contribution is 5.93. The van der Waals surface area contributed by atoms with Gasteiger partial charge in [0.05, 0.1) is 5.41 Å². The summed E-state index contributed by atoms with van der Waals surface area (Å²) in [7, 11) is 0. The van der Waals surface area contributed by atoms with Gasteiger partial charge in [0.1, 0.15) is 6.10 Å². The summed E-state index contributed by atoms with van der Waals surface area (Å²) in [5.41, 5.74) is -0.159. The Hall–Kier alpha value is -2.62. The van der Waals surface area contributed by atoms with Crippen molar-refractivity contribution in [2.45, 2.75) is 57.7 Å². The third-order valence-electron chi connectivity index (χ3n) is 8.23. The van der Waals surface area contributed by atoms with E-state index < -0.39 is 22.4 Å². The lowest BCUT2D eigenvalue weighted by Crippen LogP contribution is -2.49. The second kappa shape index (κ2) is 6.44. The van der Waals surface area contributed by atoms with Gasteiger partial charge in [-0.25, -0.2) is 4.79 Å². The Bertz CT molecular complexity index is 983. The van der Waals surface area contributed by atoms with Crippen molar-refractivity contribution in [3.8, 4) is 0 Å². The fourth-order valence-electron chi connectivity index (χ4n) is 5.59. The lowest BCUT2D eigenvalue weighted by atomic mass is 9.66. The normalized spacial score (nSPS) is 34.3. The molecule has 1 saturated heterocycles. The van der Waals surface area contributed by atoms with Crippen molar-refractivity contribution in [1.82, 2.24) is 0 Å². The first-order valence-corrected chi connectivity index (χ1v) is 10.8. The second-order valence-corrected chi connectivity index (χ2v) is 9.83. The first-order chi connectivity index (χ1) is 14.3. The molecule has 2 aliphatic carbocycles. The van der Waals surface area contributed by atoms with Crippen molar-refractivity contribution >= 4 is 11.9 Å². The first kappa shape index (κ1) is 19.3. The molecule has 2 saturated carbocycles. The summed E-state index contributed by atoms with van der Waals surface area (Å²) < 4.78 is 12.0. The number of carbonyl (C=O) groups is 2. The highest BCUT2D eigenvalue weighted by atomic mass is 16.6. The Morgan fingerprint density at radius 3 is 2.20 bits per heavy atom. The smallest absolute Gasteiger partial charge is 0.351 e. The minimum Gasteiger partial charge on any atom is -0.454 e. The highest BCUT2D eigenvalue weighted by Crippen LogP contribution is 2.66. The quantitative estimate of drug-likeness (QED) is 0.643. The van der Waals surface area contributed by atoms with Crippen LogP contribution in [0.4, 0.5) is 0 Å². The minimum atomic E-state index is -1.19. The molecule has 5 rings (SSSR count). The monoisotopic (exact) mass is 404 g/mol. The van der Waals surface area contributed by atoms with Crippen molar-refractivity contribution in [3.63, 3.8) is 0 Å². The fourth-order valence-corrected chi connectivity index (χ4v) is 5.59. The van der Waals surface area contributed by atoms with Crippen LogP contribution in [0, 0.1) is 16.7 Å². The third-order valence-corrected chi connectivity index (χ3v) is 8.23. The molecule has 4 nitrogen and oxygen atoms in total. The van der Waals surface area contributed by atoms with Gasteiger partial charge in [-0.1, -0.05) is 74.5 Å². The average Bonchev–Trinajstić information content (AvgIpc) is 3.49. The van der Waals surface area contributed by atoms with Gasteiger partial charge < -0.3 is 9.47 Å². The molecule has 156 valence electrons. The topological polar surface area (TPSA) is 52.6 Å². The van der Waals surface area contributed by atoms with Gasteiger partial charge in [0.25, 0.3) is 0 Å². The summed E-state index contributed by atoms with van der Waals surface area (Å²) in [5, 5.41) is 0. The summed E-state index contributed by atoms with van der Waals surface area (Å²) in [6.45, 7) is 5.85. The molecule has 30 heavy (non-hydrogen) atoms. The number of hydrogen-bond acceptors (Lipinski definition) is 4.